The van der Waals surface area contributed by atoms with Crippen molar-refractivity contribution in [2.75, 3.05) is 5.75 Å². The van der Waals surface area contributed by atoms with Gasteiger partial charge in [0.15, 0.2) is 9.84 Å². The van der Waals surface area contributed by atoms with E-state index in [2.05, 4.69) is 25.3 Å². The van der Waals surface area contributed by atoms with E-state index in [1.807, 2.05) is 12.3 Å². The van der Waals surface area contributed by atoms with Crippen LogP contribution in [0.5, 0.6) is 0 Å². The average Bonchev–Trinajstić information content (AvgIpc) is 3.50. The van der Waals surface area contributed by atoms with Gasteiger partial charge in [-0.05, 0) is 60.4 Å². The standard InChI is InChI=1S/C26H30F3NO2S/c1-17-5-9-21(23(13-17)26(27,28)29)18-6-10-22-19(11-12-33(31,32)20-7-8-20)15-30(24(22)14-18)16-25(2,3)4/h5-6,9-10,13-15,20H,7-8,11-12,16H2,1-4H3. The summed E-state index contributed by atoms with van der Waals surface area (Å²) in [7, 11) is -3.09. The van der Waals surface area contributed by atoms with Crippen LogP contribution in [-0.2, 0) is 29.0 Å². The van der Waals surface area contributed by atoms with Gasteiger partial charge in [-0.1, -0.05) is 50.6 Å². The summed E-state index contributed by atoms with van der Waals surface area (Å²) in [5.74, 6) is 0.101. The Bertz CT molecular complexity index is 1290. The maximum atomic E-state index is 13.8. The topological polar surface area (TPSA) is 39.1 Å². The summed E-state index contributed by atoms with van der Waals surface area (Å²) >= 11 is 0. The minimum atomic E-state index is -4.45. The lowest BCUT2D eigenvalue weighted by atomic mass is 9.95. The normalized spacial score (nSPS) is 15.4. The van der Waals surface area contributed by atoms with E-state index in [-0.39, 0.29) is 22.0 Å². The Kier molecular flexibility index (Phi) is 5.92. The number of fused-ring (bicyclic) bond motifs is 1. The van der Waals surface area contributed by atoms with Gasteiger partial charge in [0, 0.05) is 23.6 Å². The molecule has 0 atom stereocenters. The first-order valence-electron chi connectivity index (χ1n) is 11.3. The molecule has 7 heteroatoms. The van der Waals surface area contributed by atoms with Gasteiger partial charge in [-0.15, -0.1) is 0 Å². The highest BCUT2D eigenvalue weighted by Crippen LogP contribution is 2.39. The zero-order chi connectivity index (χ0) is 24.2. The molecule has 1 fully saturated rings. The third kappa shape index (κ3) is 5.29. The van der Waals surface area contributed by atoms with E-state index in [9.17, 15) is 21.6 Å². The van der Waals surface area contributed by atoms with E-state index in [1.165, 1.54) is 12.1 Å². The van der Waals surface area contributed by atoms with Gasteiger partial charge in [0.05, 0.1) is 16.6 Å². The van der Waals surface area contributed by atoms with Crippen molar-refractivity contribution in [2.24, 2.45) is 5.41 Å². The average molecular weight is 478 g/mol. The van der Waals surface area contributed by atoms with Crippen LogP contribution in [0.4, 0.5) is 13.2 Å². The Hall–Kier alpha value is -2.28. The molecular weight excluding hydrogens is 447 g/mol. The lowest BCUT2D eigenvalue weighted by molar-refractivity contribution is -0.137. The second kappa shape index (κ2) is 8.19. The summed E-state index contributed by atoms with van der Waals surface area (Å²) in [5.41, 5.74) is 2.26. The number of aryl methyl sites for hydroxylation is 2. The molecule has 178 valence electrons. The summed E-state index contributed by atoms with van der Waals surface area (Å²) in [6.07, 6.45) is -0.580. The zero-order valence-electron chi connectivity index (χ0n) is 19.5. The third-order valence-corrected chi connectivity index (χ3v) is 8.35. The van der Waals surface area contributed by atoms with E-state index >= 15 is 0 Å². The summed E-state index contributed by atoms with van der Waals surface area (Å²) in [4.78, 5) is 0. The molecular formula is C26H30F3NO2S. The van der Waals surface area contributed by atoms with Crippen LogP contribution < -0.4 is 0 Å². The molecule has 33 heavy (non-hydrogen) atoms. The number of sulfone groups is 1. The highest BCUT2D eigenvalue weighted by molar-refractivity contribution is 7.92. The van der Waals surface area contributed by atoms with Crippen LogP contribution in [0.25, 0.3) is 22.0 Å². The largest absolute Gasteiger partial charge is 0.417 e. The number of benzene rings is 2. The van der Waals surface area contributed by atoms with E-state index in [1.54, 1.807) is 25.1 Å². The Morgan fingerprint density at radius 3 is 2.33 bits per heavy atom. The minimum Gasteiger partial charge on any atom is -0.347 e. The summed E-state index contributed by atoms with van der Waals surface area (Å²) in [5, 5.41) is 0.698. The molecule has 4 rings (SSSR count). The predicted molar refractivity (Wildman–Crippen MR) is 127 cm³/mol. The molecule has 0 aliphatic heterocycles. The van der Waals surface area contributed by atoms with Crippen molar-refractivity contribution in [3.05, 3.63) is 59.3 Å². The highest BCUT2D eigenvalue weighted by atomic mass is 32.2. The molecule has 0 radical (unpaired) electrons. The number of aromatic nitrogens is 1. The molecule has 1 aliphatic rings. The van der Waals surface area contributed by atoms with Gasteiger partial charge < -0.3 is 4.57 Å². The molecule has 0 bridgehead atoms. The molecule has 0 N–H and O–H groups in total. The van der Waals surface area contributed by atoms with Crippen LogP contribution in [0.15, 0.2) is 42.6 Å². The van der Waals surface area contributed by atoms with Gasteiger partial charge in [0.25, 0.3) is 0 Å². The lowest BCUT2D eigenvalue weighted by Gasteiger charge is -2.20. The molecule has 1 aliphatic carbocycles. The van der Waals surface area contributed by atoms with Gasteiger partial charge in [-0.2, -0.15) is 13.2 Å². The first-order valence-corrected chi connectivity index (χ1v) is 13.0. The van der Waals surface area contributed by atoms with Crippen LogP contribution in [0.2, 0.25) is 0 Å². The smallest absolute Gasteiger partial charge is 0.347 e. The van der Waals surface area contributed by atoms with Gasteiger partial charge >= 0.3 is 6.18 Å². The Balaban J connectivity index is 1.80. The highest BCUT2D eigenvalue weighted by Gasteiger charge is 2.35. The van der Waals surface area contributed by atoms with Gasteiger partial charge in [0.2, 0.25) is 0 Å². The van der Waals surface area contributed by atoms with Crippen LogP contribution in [-0.4, -0.2) is 24.0 Å². The first kappa shape index (κ1) is 23.9. The van der Waals surface area contributed by atoms with Crippen LogP contribution in [0.3, 0.4) is 0 Å². The van der Waals surface area contributed by atoms with Gasteiger partial charge in [0.1, 0.15) is 0 Å². The molecule has 3 aromatic rings. The number of hydrogen-bond donors (Lipinski definition) is 0. The number of alkyl halides is 3. The monoisotopic (exact) mass is 477 g/mol. The minimum absolute atomic E-state index is 0.0553. The van der Waals surface area contributed by atoms with Crippen LogP contribution in [0.1, 0.15) is 50.3 Å². The van der Waals surface area contributed by atoms with Crippen molar-refractivity contribution in [1.82, 2.24) is 4.57 Å². The van der Waals surface area contributed by atoms with Crippen LogP contribution >= 0.6 is 0 Å². The predicted octanol–water partition coefficient (Wildman–Crippen LogP) is 6.80. The van der Waals surface area contributed by atoms with Crippen LogP contribution in [0, 0.1) is 12.3 Å². The SMILES string of the molecule is Cc1ccc(-c2ccc3c(CCS(=O)(=O)C4CC4)cn(CC(C)(C)C)c3c2)c(C(F)(F)F)c1. The molecule has 2 aromatic carbocycles. The molecule has 1 aromatic heterocycles. The number of halogens is 3. The van der Waals surface area contributed by atoms with Gasteiger partial charge in [-0.3, -0.25) is 0 Å². The molecule has 0 spiro atoms. The number of hydrogen-bond acceptors (Lipinski definition) is 2. The molecule has 1 heterocycles. The van der Waals surface area contributed by atoms with Crippen molar-refractivity contribution >= 4 is 20.7 Å². The number of nitrogens with zero attached hydrogens (tertiary/aromatic N) is 1. The maximum Gasteiger partial charge on any atom is 0.417 e. The van der Waals surface area contributed by atoms with Gasteiger partial charge in [-0.25, -0.2) is 8.42 Å². The fourth-order valence-electron chi connectivity index (χ4n) is 4.37. The van der Waals surface area contributed by atoms with E-state index in [0.29, 0.717) is 24.1 Å². The fourth-order valence-corrected chi connectivity index (χ4v) is 6.06. The molecule has 0 unspecified atom stereocenters. The molecule has 0 amide bonds. The van der Waals surface area contributed by atoms with E-state index in [0.717, 1.165) is 29.3 Å². The van der Waals surface area contributed by atoms with E-state index < -0.39 is 21.6 Å². The van der Waals surface area contributed by atoms with Crippen molar-refractivity contribution in [3.63, 3.8) is 0 Å². The summed E-state index contributed by atoms with van der Waals surface area (Å²) in [6, 6.07) is 9.75. The Morgan fingerprint density at radius 1 is 1.03 bits per heavy atom. The second-order valence-corrected chi connectivity index (χ2v) is 12.8. The molecule has 0 saturated heterocycles. The summed E-state index contributed by atoms with van der Waals surface area (Å²) < 4.78 is 68.2. The van der Waals surface area contributed by atoms with Crippen molar-refractivity contribution in [3.8, 4) is 11.1 Å². The van der Waals surface area contributed by atoms with Crippen molar-refractivity contribution in [1.29, 1.82) is 0 Å². The quantitative estimate of drug-likeness (QED) is 0.392. The fraction of sp³-hybridized carbons (Fsp3) is 0.462. The first-order chi connectivity index (χ1) is 15.2. The Labute approximate surface area is 193 Å². The Morgan fingerprint density at radius 2 is 1.73 bits per heavy atom. The van der Waals surface area contributed by atoms with E-state index in [4.69, 9.17) is 0 Å². The zero-order valence-corrected chi connectivity index (χ0v) is 20.3. The lowest BCUT2D eigenvalue weighted by Crippen LogP contribution is -2.15. The number of rotatable bonds is 6. The molecule has 3 nitrogen and oxygen atoms in total. The summed E-state index contributed by atoms with van der Waals surface area (Å²) in [6.45, 7) is 8.62. The second-order valence-electron chi connectivity index (χ2n) is 10.4. The van der Waals surface area contributed by atoms with Crippen molar-refractivity contribution < 1.29 is 21.6 Å². The third-order valence-electron chi connectivity index (χ3n) is 6.09. The molecule has 1 saturated carbocycles. The van der Waals surface area contributed by atoms with Crippen molar-refractivity contribution in [2.45, 2.75) is 64.9 Å². The maximum absolute atomic E-state index is 13.8.